The number of nitrogens with two attached hydrogens (primary N) is 4. The van der Waals surface area contributed by atoms with Gasteiger partial charge in [0.1, 0.15) is 36.9 Å². The molecule has 560 valence electrons. The van der Waals surface area contributed by atoms with Gasteiger partial charge >= 0.3 is 18.3 Å². The lowest BCUT2D eigenvalue weighted by molar-refractivity contribution is -0.140. The number of esters is 1. The topological polar surface area (TPSA) is 382 Å². The lowest BCUT2D eigenvalue weighted by atomic mass is 10.1. The van der Waals surface area contributed by atoms with Crippen LogP contribution < -0.4 is 22.9 Å². The minimum atomic E-state index is -4.51. The van der Waals surface area contributed by atoms with Gasteiger partial charge in [-0.1, -0.05) is 39.5 Å². The van der Waals surface area contributed by atoms with E-state index in [9.17, 15) is 54.3 Å². The van der Waals surface area contributed by atoms with Crippen molar-refractivity contribution in [3.05, 3.63) is 237 Å². The number of hydrogen-bond acceptors (Lipinski definition) is 20. The highest BCUT2D eigenvalue weighted by molar-refractivity contribution is 6.24. The van der Waals surface area contributed by atoms with Gasteiger partial charge in [0.05, 0.1) is 57.0 Å². The summed E-state index contributed by atoms with van der Waals surface area (Å²) < 4.78 is 121. The van der Waals surface area contributed by atoms with E-state index in [4.69, 9.17) is 32.2 Å². The third-order valence-corrected chi connectivity index (χ3v) is 15.1. The zero-order valence-electron chi connectivity index (χ0n) is 59.6. The van der Waals surface area contributed by atoms with Crippen molar-refractivity contribution in [2.75, 3.05) is 5.73 Å². The molecule has 8 heterocycles. The number of pyridine rings is 2. The molecule has 8 aromatic heterocycles. The zero-order valence-corrected chi connectivity index (χ0v) is 59.6. The SMILES string of the molecule is Cc1cc(-c2ncn(/C=C(/C(=O)OC(C)C)c3cncc(F)c3)n2)cc(C(F)(F)F)c1.Cc1cc(-c2ncn(/C=C(/C(N)=O)c3c(C)noc3C)n2)cc(C(F)(F)F)c1.Cc1cc(C)cc(-c2ncn(/C=C(/C(N)=O)c3cccnc3F)n2)c1.Cc1cc(C)cc(-c2ncn(/C=C(/C(N)=O)c3cnc(N)nc3)n2)c1. The number of halogens is 8. The Morgan fingerprint density at radius 2 is 0.872 bits per heavy atom. The summed E-state index contributed by atoms with van der Waals surface area (Å²) in [5.74, 6) is -2.64. The standard InChI is InChI=1S/C21H18F4N4O2.C18H16F3N5O2.C18H16FN5O.C17H17N7O/c1-12(2)31-20(30)18(15-7-17(22)9-26-8-15)10-29-11-27-19(28-29)14-4-13(3)5-16(6-14)21(23,24)25;1-9-4-12(6-13(5-9)18(19,20)21)17-23-8-26(24-17)7-14(16(22)27)15-10(2)25-28-11(15)3;1-11-6-12(2)8-13(7-11)18-22-10-24(23-18)9-15(17(20)25)14-4-3-5-21-16(14)19;1-10-3-11(2)5-12(4-10)16-22-9-24(23-16)8-14(15(18)25)13-6-20-17(19)21-7-13/h4-12H,1-3H3;4-8H,1-3H3,(H2,22,27);3-10H,1-2H3,(H2,20,25);3-9H,1-2H3,(H2,18,25)(H2,19,20,21)/b18-10+;14-7+;15-9+;14-8+. The molecule has 35 heteroatoms. The molecule has 0 aliphatic heterocycles. The van der Waals surface area contributed by atoms with E-state index >= 15 is 0 Å². The van der Waals surface area contributed by atoms with Gasteiger partial charge in [0, 0.05) is 88.5 Å². The number of primary amides is 3. The number of aromatic nitrogens is 17. The van der Waals surface area contributed by atoms with E-state index in [0.717, 1.165) is 74.6 Å². The first-order valence-corrected chi connectivity index (χ1v) is 32.4. The van der Waals surface area contributed by atoms with Gasteiger partial charge in [0.15, 0.2) is 23.3 Å². The minimum Gasteiger partial charge on any atom is -0.459 e. The van der Waals surface area contributed by atoms with Gasteiger partial charge in [0.2, 0.25) is 11.9 Å². The van der Waals surface area contributed by atoms with Gasteiger partial charge in [-0.15, -0.1) is 20.4 Å². The van der Waals surface area contributed by atoms with E-state index in [1.54, 1.807) is 40.7 Å². The second kappa shape index (κ2) is 33.9. The number of rotatable bonds is 17. The molecule has 0 spiro atoms. The number of nitrogens with zero attached hydrogens (tertiary/aromatic N) is 17. The number of hydrogen-bond donors (Lipinski definition) is 4. The van der Waals surface area contributed by atoms with Gasteiger partial charge in [-0.05, 0) is 159 Å². The lowest BCUT2D eigenvalue weighted by Gasteiger charge is -2.11. The summed E-state index contributed by atoms with van der Waals surface area (Å²) in [6.07, 6.45) is 7.83. The average Bonchev–Trinajstić information content (AvgIpc) is 1.80. The Labute approximate surface area is 615 Å². The van der Waals surface area contributed by atoms with Gasteiger partial charge in [0.25, 0.3) is 17.7 Å². The maximum Gasteiger partial charge on any atom is 0.416 e. The number of aryl methyl sites for hydroxylation is 8. The quantitative estimate of drug-likeness (QED) is 0.0285. The number of amides is 3. The van der Waals surface area contributed by atoms with Crippen LogP contribution in [0.1, 0.15) is 92.1 Å². The Hall–Kier alpha value is -13.9. The van der Waals surface area contributed by atoms with Crippen LogP contribution in [0.3, 0.4) is 0 Å². The maximum absolute atomic E-state index is 13.9. The van der Waals surface area contributed by atoms with Crippen LogP contribution in [0.5, 0.6) is 0 Å². The highest BCUT2D eigenvalue weighted by Crippen LogP contribution is 2.35. The Kier molecular flexibility index (Phi) is 24.7. The first-order valence-electron chi connectivity index (χ1n) is 32.4. The molecule has 0 unspecified atom stereocenters. The fourth-order valence-electron chi connectivity index (χ4n) is 10.6. The molecular formula is C74H67F8N21O6. The lowest BCUT2D eigenvalue weighted by Crippen LogP contribution is -2.15. The summed E-state index contributed by atoms with van der Waals surface area (Å²) in [6.45, 7) is 17.7. The van der Waals surface area contributed by atoms with Crippen molar-refractivity contribution in [1.82, 2.24) is 84.2 Å². The molecule has 0 atom stereocenters. The second-order valence-electron chi connectivity index (χ2n) is 24.6. The molecule has 4 aromatic carbocycles. The third kappa shape index (κ3) is 21.2. The number of alkyl halides is 6. The van der Waals surface area contributed by atoms with Crippen molar-refractivity contribution in [2.45, 2.75) is 87.7 Å². The molecule has 27 nitrogen and oxygen atoms in total. The summed E-state index contributed by atoms with van der Waals surface area (Å²) in [5.41, 5.74) is 29.3. The van der Waals surface area contributed by atoms with Crippen LogP contribution in [-0.2, 0) is 36.3 Å². The van der Waals surface area contributed by atoms with E-state index in [1.807, 2.05) is 52.0 Å². The first-order chi connectivity index (χ1) is 51.4. The Morgan fingerprint density at radius 1 is 0.477 bits per heavy atom. The maximum atomic E-state index is 13.9. The molecule has 0 bridgehead atoms. The van der Waals surface area contributed by atoms with E-state index in [0.29, 0.717) is 45.4 Å². The van der Waals surface area contributed by atoms with Crippen LogP contribution in [0.2, 0.25) is 0 Å². The molecule has 12 aromatic rings. The van der Waals surface area contributed by atoms with Crippen LogP contribution in [0.25, 0.3) is 92.6 Å². The molecule has 109 heavy (non-hydrogen) atoms. The molecule has 0 fully saturated rings. The van der Waals surface area contributed by atoms with Gasteiger partial charge in [-0.3, -0.25) is 19.4 Å². The van der Waals surface area contributed by atoms with Crippen molar-refractivity contribution in [3.8, 4) is 45.6 Å². The van der Waals surface area contributed by atoms with Gasteiger partial charge in [-0.25, -0.2) is 62.8 Å². The predicted molar refractivity (Wildman–Crippen MR) is 387 cm³/mol. The van der Waals surface area contributed by atoms with Gasteiger partial charge < -0.3 is 32.2 Å². The van der Waals surface area contributed by atoms with Crippen LogP contribution in [0, 0.1) is 67.2 Å². The first kappa shape index (κ1) is 79.2. The molecule has 3 amide bonds. The monoisotopic (exact) mass is 1500 g/mol. The smallest absolute Gasteiger partial charge is 0.416 e. The molecule has 0 aliphatic rings. The fourth-order valence-corrected chi connectivity index (χ4v) is 10.6. The summed E-state index contributed by atoms with van der Waals surface area (Å²) >= 11 is 0. The zero-order chi connectivity index (χ0) is 79.3. The molecule has 0 aliphatic carbocycles. The summed E-state index contributed by atoms with van der Waals surface area (Å²) in [6, 6.07) is 23.2. The molecule has 0 saturated carbocycles. The second-order valence-corrected chi connectivity index (χ2v) is 24.6. The highest BCUT2D eigenvalue weighted by Gasteiger charge is 2.33. The molecule has 0 radical (unpaired) electrons. The third-order valence-electron chi connectivity index (χ3n) is 15.1. The van der Waals surface area contributed by atoms with Gasteiger partial charge in [-0.2, -0.15) is 30.7 Å². The number of benzene rings is 4. The fraction of sp³-hybridized carbons (Fsp3) is 0.176. The van der Waals surface area contributed by atoms with E-state index in [2.05, 4.69) is 77.6 Å². The van der Waals surface area contributed by atoms with E-state index in [-0.39, 0.29) is 62.1 Å². The van der Waals surface area contributed by atoms with Crippen LogP contribution >= 0.6 is 0 Å². The summed E-state index contributed by atoms with van der Waals surface area (Å²) in [4.78, 5) is 79.5. The minimum absolute atomic E-state index is 0.0125. The van der Waals surface area contributed by atoms with Crippen molar-refractivity contribution < 1.29 is 63.6 Å². The molecule has 0 saturated heterocycles. The Bertz CT molecular complexity index is 5430. The van der Waals surface area contributed by atoms with Crippen LogP contribution in [0.15, 0.2) is 152 Å². The number of carbonyl (C=O) groups excluding carboxylic acids is 4. The Morgan fingerprint density at radius 3 is 1.25 bits per heavy atom. The van der Waals surface area contributed by atoms with Crippen molar-refractivity contribution in [2.24, 2.45) is 17.2 Å². The largest absolute Gasteiger partial charge is 0.459 e. The average molecular weight is 1500 g/mol. The highest BCUT2D eigenvalue weighted by atomic mass is 19.4. The molecule has 8 N–H and O–H groups in total. The van der Waals surface area contributed by atoms with E-state index < -0.39 is 65.0 Å². The number of ether oxygens (including phenoxy) is 1. The van der Waals surface area contributed by atoms with Crippen molar-refractivity contribution in [1.29, 1.82) is 0 Å². The molecular weight excluding hydrogens is 1430 g/mol. The van der Waals surface area contributed by atoms with Crippen molar-refractivity contribution in [3.63, 3.8) is 0 Å². The van der Waals surface area contributed by atoms with E-state index in [1.165, 1.54) is 114 Å². The molecule has 12 rings (SSSR count). The number of nitrogen functional groups attached to an aromatic ring is 1. The summed E-state index contributed by atoms with van der Waals surface area (Å²) in [7, 11) is 0. The normalized spacial score (nSPS) is 12.0. The Balaban J connectivity index is 0.000000168. The van der Waals surface area contributed by atoms with Crippen LogP contribution in [0.4, 0.5) is 41.1 Å². The van der Waals surface area contributed by atoms with Crippen LogP contribution in [-0.4, -0.2) is 114 Å². The van der Waals surface area contributed by atoms with Crippen molar-refractivity contribution >= 4 is 76.7 Å². The number of anilines is 1. The predicted octanol–water partition coefficient (Wildman–Crippen LogP) is 12.1. The summed E-state index contributed by atoms with van der Waals surface area (Å²) in [5, 5.41) is 20.8. The number of carbonyl (C=O) groups is 4.